The summed E-state index contributed by atoms with van der Waals surface area (Å²) in [6.45, 7) is 0. The van der Waals surface area contributed by atoms with Crippen molar-refractivity contribution in [2.24, 2.45) is 0 Å². The topological polar surface area (TPSA) is 70.7 Å². The molecular formula is C25H20N4O. The third-order valence-corrected chi connectivity index (χ3v) is 5.24. The van der Waals surface area contributed by atoms with Crippen LogP contribution < -0.4 is 5.32 Å². The zero-order valence-electron chi connectivity index (χ0n) is 16.3. The Hall–Kier alpha value is -3.99. The Morgan fingerprint density at radius 2 is 1.63 bits per heavy atom. The lowest BCUT2D eigenvalue weighted by molar-refractivity contribution is 0.102. The van der Waals surface area contributed by atoms with E-state index in [4.69, 9.17) is 4.98 Å². The predicted molar refractivity (Wildman–Crippen MR) is 120 cm³/mol. The van der Waals surface area contributed by atoms with Crippen molar-refractivity contribution in [1.29, 1.82) is 0 Å². The number of carbonyl (C=O) groups is 1. The van der Waals surface area contributed by atoms with Gasteiger partial charge in [-0.25, -0.2) is 4.98 Å². The van der Waals surface area contributed by atoms with Gasteiger partial charge in [0.05, 0.1) is 11.2 Å². The zero-order valence-corrected chi connectivity index (χ0v) is 16.3. The molecule has 0 aliphatic carbocycles. The third kappa shape index (κ3) is 3.53. The normalized spacial score (nSPS) is 11.1. The first-order valence-corrected chi connectivity index (χ1v) is 9.93. The Balaban J connectivity index is 1.57. The van der Waals surface area contributed by atoms with Crippen molar-refractivity contribution in [3.05, 3.63) is 102 Å². The van der Waals surface area contributed by atoms with Crippen molar-refractivity contribution >= 4 is 33.4 Å². The second kappa shape index (κ2) is 7.79. The number of fused-ring (bicyclic) bond motifs is 3. The van der Waals surface area contributed by atoms with E-state index in [1.54, 1.807) is 24.5 Å². The average molecular weight is 392 g/mol. The largest absolute Gasteiger partial charge is 0.353 e. The molecule has 0 radical (unpaired) electrons. The first-order chi connectivity index (χ1) is 14.8. The molecule has 5 nitrogen and oxygen atoms in total. The van der Waals surface area contributed by atoms with Crippen molar-refractivity contribution < 1.29 is 4.79 Å². The Kier molecular flexibility index (Phi) is 4.69. The molecule has 2 N–H and O–H groups in total. The van der Waals surface area contributed by atoms with Crippen LogP contribution in [-0.2, 0) is 12.8 Å². The molecule has 1 amide bonds. The number of carbonyl (C=O) groups excluding carboxylic acids is 1. The number of anilines is 1. The number of amides is 1. The highest BCUT2D eigenvalue weighted by Crippen LogP contribution is 2.28. The molecule has 0 aliphatic rings. The van der Waals surface area contributed by atoms with Crippen LogP contribution in [0.1, 0.15) is 21.7 Å². The molecule has 5 rings (SSSR count). The van der Waals surface area contributed by atoms with E-state index < -0.39 is 0 Å². The number of nitrogens with zero attached hydrogens (tertiary/aromatic N) is 2. The van der Waals surface area contributed by atoms with Crippen molar-refractivity contribution in [2.45, 2.75) is 12.8 Å². The van der Waals surface area contributed by atoms with Crippen molar-refractivity contribution in [2.75, 3.05) is 5.32 Å². The summed E-state index contributed by atoms with van der Waals surface area (Å²) in [5.74, 6) is -0.227. The number of pyridine rings is 2. The van der Waals surface area contributed by atoms with E-state index >= 15 is 0 Å². The van der Waals surface area contributed by atoms with E-state index in [1.165, 1.54) is 5.56 Å². The fraction of sp³-hybridized carbons (Fsp3) is 0.0800. The summed E-state index contributed by atoms with van der Waals surface area (Å²) in [7, 11) is 0. The van der Waals surface area contributed by atoms with Gasteiger partial charge in [-0.1, -0.05) is 48.5 Å². The number of para-hydroxylation sites is 1. The lowest BCUT2D eigenvalue weighted by Crippen LogP contribution is -2.15. The van der Waals surface area contributed by atoms with Gasteiger partial charge in [0.2, 0.25) is 0 Å². The van der Waals surface area contributed by atoms with Crippen LogP contribution in [0.4, 0.5) is 5.69 Å². The Morgan fingerprint density at radius 3 is 2.47 bits per heavy atom. The summed E-state index contributed by atoms with van der Waals surface area (Å²) >= 11 is 0. The molecule has 0 fully saturated rings. The van der Waals surface area contributed by atoms with Gasteiger partial charge < -0.3 is 10.3 Å². The molecule has 3 aromatic heterocycles. The van der Waals surface area contributed by atoms with Crippen LogP contribution in [0.5, 0.6) is 0 Å². The number of aryl methyl sites for hydroxylation is 2. The van der Waals surface area contributed by atoms with Crippen LogP contribution in [-0.4, -0.2) is 20.9 Å². The van der Waals surface area contributed by atoms with Crippen molar-refractivity contribution in [1.82, 2.24) is 15.0 Å². The number of benzene rings is 2. The minimum Gasteiger partial charge on any atom is -0.353 e. The Labute approximate surface area is 173 Å². The van der Waals surface area contributed by atoms with E-state index in [1.807, 2.05) is 42.5 Å². The fourth-order valence-corrected chi connectivity index (χ4v) is 3.75. The van der Waals surface area contributed by atoms with Crippen LogP contribution in [0.2, 0.25) is 0 Å². The Bertz CT molecular complexity index is 1330. The summed E-state index contributed by atoms with van der Waals surface area (Å²) in [5.41, 5.74) is 5.28. The molecule has 30 heavy (non-hydrogen) atoms. The molecule has 5 heteroatoms. The SMILES string of the molecule is O=C(Nc1ccncc1)c1cc2c([nH]c3ccccc32)c(CCc2ccccc2)n1. The van der Waals surface area contributed by atoms with E-state index in [0.29, 0.717) is 11.4 Å². The molecule has 0 aliphatic heterocycles. The lowest BCUT2D eigenvalue weighted by atomic mass is 10.1. The van der Waals surface area contributed by atoms with Gasteiger partial charge in [0.1, 0.15) is 5.69 Å². The van der Waals surface area contributed by atoms with Crippen LogP contribution in [0.15, 0.2) is 85.2 Å². The van der Waals surface area contributed by atoms with Crippen molar-refractivity contribution in [3.8, 4) is 0 Å². The molecule has 3 heterocycles. The van der Waals surface area contributed by atoms with E-state index in [-0.39, 0.29) is 5.91 Å². The smallest absolute Gasteiger partial charge is 0.274 e. The molecule has 2 aromatic carbocycles. The fourth-order valence-electron chi connectivity index (χ4n) is 3.75. The van der Waals surface area contributed by atoms with Gasteiger partial charge >= 0.3 is 0 Å². The third-order valence-electron chi connectivity index (χ3n) is 5.24. The summed E-state index contributed by atoms with van der Waals surface area (Å²) < 4.78 is 0. The number of nitrogens with one attached hydrogen (secondary N) is 2. The van der Waals surface area contributed by atoms with E-state index in [0.717, 1.165) is 40.3 Å². The van der Waals surface area contributed by atoms with Crippen molar-refractivity contribution in [3.63, 3.8) is 0 Å². The van der Waals surface area contributed by atoms with Gasteiger partial charge in [0.15, 0.2) is 0 Å². The van der Waals surface area contributed by atoms with Gasteiger partial charge in [-0.05, 0) is 42.7 Å². The van der Waals surface area contributed by atoms with Gasteiger partial charge in [0, 0.05) is 34.4 Å². The highest BCUT2D eigenvalue weighted by Gasteiger charge is 2.16. The zero-order chi connectivity index (χ0) is 20.3. The molecule has 0 spiro atoms. The first kappa shape index (κ1) is 18.1. The number of hydrogen-bond donors (Lipinski definition) is 2. The van der Waals surface area contributed by atoms with Gasteiger partial charge in [-0.15, -0.1) is 0 Å². The molecular weight excluding hydrogens is 372 g/mol. The first-order valence-electron chi connectivity index (χ1n) is 9.93. The molecule has 0 saturated heterocycles. The highest BCUT2D eigenvalue weighted by atomic mass is 16.1. The van der Waals surface area contributed by atoms with Crippen LogP contribution in [0, 0.1) is 0 Å². The van der Waals surface area contributed by atoms with Crippen LogP contribution in [0.3, 0.4) is 0 Å². The number of rotatable bonds is 5. The molecule has 0 unspecified atom stereocenters. The van der Waals surface area contributed by atoms with Gasteiger partial charge in [-0.2, -0.15) is 0 Å². The monoisotopic (exact) mass is 392 g/mol. The van der Waals surface area contributed by atoms with E-state index in [9.17, 15) is 4.79 Å². The predicted octanol–water partition coefficient (Wildman–Crippen LogP) is 5.15. The number of aromatic nitrogens is 3. The average Bonchev–Trinajstić information content (AvgIpc) is 3.18. The maximum absolute atomic E-state index is 12.9. The van der Waals surface area contributed by atoms with Crippen LogP contribution in [0.25, 0.3) is 21.8 Å². The number of H-pyrrole nitrogens is 1. The summed E-state index contributed by atoms with van der Waals surface area (Å²) in [4.78, 5) is 25.2. The summed E-state index contributed by atoms with van der Waals surface area (Å²) in [6.07, 6.45) is 4.89. The molecule has 0 bridgehead atoms. The molecule has 5 aromatic rings. The lowest BCUT2D eigenvalue weighted by Gasteiger charge is -2.08. The second-order valence-electron chi connectivity index (χ2n) is 7.22. The summed E-state index contributed by atoms with van der Waals surface area (Å²) in [5, 5.41) is 5.02. The molecule has 146 valence electrons. The summed E-state index contributed by atoms with van der Waals surface area (Å²) in [6, 6.07) is 23.9. The maximum atomic E-state index is 12.9. The molecule has 0 saturated carbocycles. The quantitative estimate of drug-likeness (QED) is 0.435. The molecule has 0 atom stereocenters. The Morgan fingerprint density at radius 1 is 0.867 bits per heavy atom. The van der Waals surface area contributed by atoms with E-state index in [2.05, 4.69) is 33.5 Å². The maximum Gasteiger partial charge on any atom is 0.274 e. The highest BCUT2D eigenvalue weighted by molar-refractivity contribution is 6.11. The minimum absolute atomic E-state index is 0.227. The van der Waals surface area contributed by atoms with Gasteiger partial charge in [-0.3, -0.25) is 9.78 Å². The number of aromatic amines is 1. The minimum atomic E-state index is -0.227. The second-order valence-corrected chi connectivity index (χ2v) is 7.22. The standard InChI is InChI=1S/C25H20N4O/c30-25(27-18-12-14-26-15-13-18)23-16-20-19-8-4-5-9-21(19)29-24(20)22(28-23)11-10-17-6-2-1-3-7-17/h1-9,12-16,29H,10-11H2,(H,26,27,30). The van der Waals surface area contributed by atoms with Crippen LogP contribution >= 0.6 is 0 Å². The number of hydrogen-bond acceptors (Lipinski definition) is 3. The van der Waals surface area contributed by atoms with Gasteiger partial charge in [0.25, 0.3) is 5.91 Å².